The Morgan fingerprint density at radius 1 is 0.933 bits per heavy atom. The number of ether oxygens (including phenoxy) is 3. The molecule has 1 aliphatic rings. The maximum absolute atomic E-state index is 13.7. The van der Waals surface area contributed by atoms with Gasteiger partial charge < -0.3 is 18.8 Å². The number of carbonyl (C=O) groups is 3. The third kappa shape index (κ3) is 6.22. The number of urea groups is 1. The summed E-state index contributed by atoms with van der Waals surface area (Å²) in [5.41, 5.74) is 2.74. The number of nitro groups is 1. The van der Waals surface area contributed by atoms with Crippen LogP contribution < -0.4 is 24.4 Å². The Balaban J connectivity index is 1.43. The van der Waals surface area contributed by atoms with Gasteiger partial charge in [0.2, 0.25) is 5.88 Å². The number of carbonyl (C=O) groups excluding carboxylic acids is 3. The summed E-state index contributed by atoms with van der Waals surface area (Å²) in [7, 11) is 0. The lowest BCUT2D eigenvalue weighted by atomic mass is 10.1. The van der Waals surface area contributed by atoms with Gasteiger partial charge in [0.1, 0.15) is 29.0 Å². The van der Waals surface area contributed by atoms with Crippen LogP contribution in [0.2, 0.25) is 0 Å². The second-order valence-corrected chi connectivity index (χ2v) is 9.82. The molecule has 1 saturated heterocycles. The van der Waals surface area contributed by atoms with E-state index < -0.39 is 22.8 Å². The summed E-state index contributed by atoms with van der Waals surface area (Å²) < 4.78 is 18.9. The number of rotatable bonds is 10. The molecule has 2 aromatic carbocycles. The highest BCUT2D eigenvalue weighted by atomic mass is 16.6. The summed E-state index contributed by atoms with van der Waals surface area (Å²) in [5, 5.41) is 13.1. The Kier molecular flexibility index (Phi) is 8.61. The third-order valence-electron chi connectivity index (χ3n) is 6.90. The third-order valence-corrected chi connectivity index (χ3v) is 6.90. The first-order valence-electron chi connectivity index (χ1n) is 14.0. The molecule has 4 aromatic rings. The number of hydrogen-bond donors (Lipinski definition) is 1. The fourth-order valence-corrected chi connectivity index (χ4v) is 4.89. The van der Waals surface area contributed by atoms with Gasteiger partial charge in [0.25, 0.3) is 17.5 Å². The molecule has 0 radical (unpaired) electrons. The summed E-state index contributed by atoms with van der Waals surface area (Å²) >= 11 is 0. The molecule has 13 nitrogen and oxygen atoms in total. The highest BCUT2D eigenvalue weighted by Crippen LogP contribution is 2.35. The molecule has 2 aromatic heterocycles. The lowest BCUT2D eigenvalue weighted by Crippen LogP contribution is -2.54. The van der Waals surface area contributed by atoms with E-state index in [1.807, 2.05) is 43.5 Å². The number of barbiturate groups is 1. The van der Waals surface area contributed by atoms with Crippen molar-refractivity contribution in [3.05, 3.63) is 99.5 Å². The van der Waals surface area contributed by atoms with Crippen LogP contribution in [-0.2, 0) is 9.59 Å². The van der Waals surface area contributed by atoms with E-state index in [4.69, 9.17) is 14.2 Å². The largest absolute Gasteiger partial charge is 0.494 e. The van der Waals surface area contributed by atoms with Gasteiger partial charge in [-0.05, 0) is 81.8 Å². The van der Waals surface area contributed by atoms with Crippen LogP contribution in [0.5, 0.6) is 23.1 Å². The van der Waals surface area contributed by atoms with E-state index in [0.29, 0.717) is 30.3 Å². The van der Waals surface area contributed by atoms with Gasteiger partial charge >= 0.3 is 6.03 Å². The monoisotopic (exact) mass is 611 g/mol. The Morgan fingerprint density at radius 3 is 2.29 bits per heavy atom. The second kappa shape index (κ2) is 12.7. The molecule has 4 amide bonds. The number of pyridine rings is 1. The molecular weight excluding hydrogens is 582 g/mol. The van der Waals surface area contributed by atoms with Crippen molar-refractivity contribution in [2.24, 2.45) is 0 Å². The van der Waals surface area contributed by atoms with Crippen LogP contribution in [0.25, 0.3) is 11.8 Å². The minimum Gasteiger partial charge on any atom is -0.494 e. The van der Waals surface area contributed by atoms with Gasteiger partial charge in [0.05, 0.1) is 23.8 Å². The van der Waals surface area contributed by atoms with Crippen molar-refractivity contribution >= 4 is 35.3 Å². The lowest BCUT2D eigenvalue weighted by Gasteiger charge is -2.28. The van der Waals surface area contributed by atoms with Crippen molar-refractivity contribution < 1.29 is 33.5 Å². The zero-order valence-corrected chi connectivity index (χ0v) is 24.9. The molecule has 0 aliphatic carbocycles. The number of imide groups is 2. The molecule has 45 heavy (non-hydrogen) atoms. The molecule has 1 aliphatic heterocycles. The van der Waals surface area contributed by atoms with E-state index >= 15 is 0 Å². The first-order chi connectivity index (χ1) is 21.6. The average Bonchev–Trinajstić information content (AvgIpc) is 3.29. The molecule has 5 rings (SSSR count). The van der Waals surface area contributed by atoms with Crippen molar-refractivity contribution in [3.8, 4) is 28.8 Å². The number of benzene rings is 2. The van der Waals surface area contributed by atoms with Crippen molar-refractivity contribution in [3.63, 3.8) is 0 Å². The van der Waals surface area contributed by atoms with Gasteiger partial charge in [-0.3, -0.25) is 25.0 Å². The van der Waals surface area contributed by atoms with Crippen molar-refractivity contribution in [2.75, 3.05) is 18.1 Å². The summed E-state index contributed by atoms with van der Waals surface area (Å²) in [6.07, 6.45) is 2.58. The van der Waals surface area contributed by atoms with Crippen molar-refractivity contribution in [1.82, 2.24) is 14.9 Å². The quantitative estimate of drug-likeness (QED) is 0.104. The number of amides is 4. The molecule has 0 spiro atoms. The fraction of sp³-hybridized carbons (Fsp3) is 0.188. The molecule has 0 atom stereocenters. The molecule has 0 bridgehead atoms. The molecule has 1 fully saturated rings. The second-order valence-electron chi connectivity index (χ2n) is 9.82. The van der Waals surface area contributed by atoms with Crippen LogP contribution in [0.4, 0.5) is 16.2 Å². The molecule has 0 saturated carbocycles. The van der Waals surface area contributed by atoms with E-state index in [0.717, 1.165) is 28.2 Å². The predicted octanol–water partition coefficient (Wildman–Crippen LogP) is 5.65. The van der Waals surface area contributed by atoms with Crippen molar-refractivity contribution in [1.29, 1.82) is 0 Å². The van der Waals surface area contributed by atoms with Crippen LogP contribution in [-0.4, -0.2) is 45.5 Å². The van der Waals surface area contributed by atoms with Gasteiger partial charge in [-0.15, -0.1) is 0 Å². The normalized spacial score (nSPS) is 14.0. The Morgan fingerprint density at radius 2 is 1.64 bits per heavy atom. The van der Waals surface area contributed by atoms with E-state index in [9.17, 15) is 24.5 Å². The zero-order valence-electron chi connectivity index (χ0n) is 24.9. The molecule has 13 heteroatoms. The Hall–Kier alpha value is -5.98. The number of aryl methyl sites for hydroxylation is 1. The summed E-state index contributed by atoms with van der Waals surface area (Å²) in [4.78, 5) is 54.7. The van der Waals surface area contributed by atoms with Crippen LogP contribution in [0.3, 0.4) is 0 Å². The van der Waals surface area contributed by atoms with Crippen molar-refractivity contribution in [2.45, 2.75) is 27.7 Å². The maximum Gasteiger partial charge on any atom is 0.336 e. The topological polar surface area (TPSA) is 155 Å². The van der Waals surface area contributed by atoms with Gasteiger partial charge in [-0.2, -0.15) is 0 Å². The summed E-state index contributed by atoms with van der Waals surface area (Å²) in [6.45, 7) is 7.98. The lowest BCUT2D eigenvalue weighted by molar-refractivity contribution is -0.385. The number of nitrogens with one attached hydrogen (secondary N) is 1. The predicted molar refractivity (Wildman–Crippen MR) is 164 cm³/mol. The minimum absolute atomic E-state index is 0.139. The Labute approximate surface area is 257 Å². The minimum atomic E-state index is -0.895. The van der Waals surface area contributed by atoms with Crippen LogP contribution >= 0.6 is 0 Å². The highest BCUT2D eigenvalue weighted by Gasteiger charge is 2.38. The molecule has 0 unspecified atom stereocenters. The molecule has 230 valence electrons. The molecule has 3 heterocycles. The first-order valence-corrected chi connectivity index (χ1v) is 14.0. The average molecular weight is 612 g/mol. The van der Waals surface area contributed by atoms with Gasteiger partial charge in [0.15, 0.2) is 0 Å². The van der Waals surface area contributed by atoms with Gasteiger partial charge in [-0.25, -0.2) is 14.7 Å². The summed E-state index contributed by atoms with van der Waals surface area (Å²) in [6, 6.07) is 15.5. The highest BCUT2D eigenvalue weighted by molar-refractivity contribution is 6.39. The van der Waals surface area contributed by atoms with Gasteiger partial charge in [-0.1, -0.05) is 0 Å². The number of nitrogens with zero attached hydrogens (tertiary/aromatic N) is 4. The van der Waals surface area contributed by atoms with Crippen LogP contribution in [0, 0.1) is 24.0 Å². The SMILES string of the molecule is CCOc1ccc(OCC)c(N2C(=O)NC(=O)/C(=C\c3cc(C)n(-c4ccc(Oc5ccc([N+](=O)[O-])cn5)cc4)c3C)C2=O)c1. The number of anilines is 1. The zero-order chi connectivity index (χ0) is 32.2. The fourth-order valence-electron chi connectivity index (χ4n) is 4.89. The molecule has 1 N–H and O–H groups in total. The van der Waals surface area contributed by atoms with E-state index in [1.54, 1.807) is 31.2 Å². The number of aromatic nitrogens is 2. The van der Waals surface area contributed by atoms with E-state index in [1.165, 1.54) is 24.3 Å². The maximum atomic E-state index is 13.7. The number of hydrogen-bond acceptors (Lipinski definition) is 9. The standard InChI is InChI=1S/C32H29N5O8/c1-5-43-25-12-13-28(44-6-2)27(17-25)36-31(39)26(30(38)34-32(36)40)16-21-15-19(3)35(20(21)4)22-7-10-24(11-8-22)45-29-14-9-23(18-33-29)37(41)42/h7-18H,5-6H2,1-4H3,(H,34,38,40)/b26-16+. The van der Waals surface area contributed by atoms with E-state index in [2.05, 4.69) is 10.3 Å². The summed E-state index contributed by atoms with van der Waals surface area (Å²) in [5.74, 6) is -0.220. The molecular formula is C32H29N5O8. The smallest absolute Gasteiger partial charge is 0.336 e. The Bertz CT molecular complexity index is 1830. The van der Waals surface area contributed by atoms with Crippen LogP contribution in [0.1, 0.15) is 30.8 Å². The first kappa shape index (κ1) is 30.5. The van der Waals surface area contributed by atoms with E-state index in [-0.39, 0.29) is 28.6 Å². The van der Waals surface area contributed by atoms with Gasteiger partial charge in [0, 0.05) is 35.3 Å². The van der Waals surface area contributed by atoms with Crippen LogP contribution in [0.15, 0.2) is 72.4 Å².